The second-order valence-electron chi connectivity index (χ2n) is 7.64. The molecule has 3 rings (SSSR count). The third kappa shape index (κ3) is 7.11. The number of allylic oxidation sites excluding steroid dienone is 1. The molecule has 16 nitrogen and oxygen atoms in total. The van der Waals surface area contributed by atoms with E-state index in [9.17, 15) is 29.3 Å². The zero-order valence-corrected chi connectivity index (χ0v) is 19.8. The fourth-order valence-electron chi connectivity index (χ4n) is 3.29. The number of hydrogen-bond donors (Lipinski definition) is 6. The van der Waals surface area contributed by atoms with Crippen molar-refractivity contribution in [2.24, 2.45) is 0 Å². The van der Waals surface area contributed by atoms with Gasteiger partial charge < -0.3 is 45.1 Å². The number of nitrogens with one attached hydrogen (secondary N) is 1. The molecule has 36 heavy (non-hydrogen) atoms. The summed E-state index contributed by atoms with van der Waals surface area (Å²) in [6.45, 7) is 0.202. The number of aliphatic hydroxyl groups excluding tert-OH is 3. The number of carbonyl (C=O) groups is 1. The summed E-state index contributed by atoms with van der Waals surface area (Å²) in [7, 11) is -4.76. The van der Waals surface area contributed by atoms with E-state index in [-0.39, 0.29) is 30.7 Å². The van der Waals surface area contributed by atoms with E-state index in [0.29, 0.717) is 0 Å². The summed E-state index contributed by atoms with van der Waals surface area (Å²) in [5, 5.41) is 32.0. The minimum Gasteiger partial charge on any atom is -0.459 e. The number of aliphatic hydroxyl groups is 3. The van der Waals surface area contributed by atoms with Crippen LogP contribution in [0.5, 0.6) is 0 Å². The largest absolute Gasteiger partial charge is 0.527 e. The van der Waals surface area contributed by atoms with Crippen LogP contribution < -0.4 is 16.7 Å². The number of anilines is 1. The highest BCUT2D eigenvalue weighted by Crippen LogP contribution is 2.45. The summed E-state index contributed by atoms with van der Waals surface area (Å²) in [6, 6.07) is 0.601. The van der Waals surface area contributed by atoms with E-state index in [1.54, 1.807) is 0 Å². The number of nitrogens with two attached hydrogens (primary N) is 1. The molecule has 200 valence electrons. The van der Waals surface area contributed by atoms with Crippen molar-refractivity contribution < 1.29 is 52.8 Å². The van der Waals surface area contributed by atoms with E-state index >= 15 is 0 Å². The molecular weight excluding hydrogens is 507 g/mol. The lowest BCUT2D eigenvalue weighted by molar-refractivity contribution is -0.142. The van der Waals surface area contributed by atoms with Crippen LogP contribution >= 0.6 is 7.82 Å². The highest BCUT2D eigenvalue weighted by Gasteiger charge is 2.45. The lowest BCUT2D eigenvalue weighted by Gasteiger charge is -2.29. The SMILES string of the molecule is CC(=O)N[C@@H]1C=CC(=COP(=O)(O)OC[C@H]2O[C@@H](n3ccc(N)nc3=O)C(O)[C@H]2O)OC1OCCO. The molecule has 0 radical (unpaired) electrons. The number of hydrogen-bond acceptors (Lipinski definition) is 13. The maximum absolute atomic E-state index is 12.3. The predicted molar refractivity (Wildman–Crippen MR) is 118 cm³/mol. The molecule has 0 spiro atoms. The molecule has 1 amide bonds. The van der Waals surface area contributed by atoms with Crippen LogP contribution in [0.4, 0.5) is 5.82 Å². The van der Waals surface area contributed by atoms with Crippen molar-refractivity contribution in [3.63, 3.8) is 0 Å². The van der Waals surface area contributed by atoms with Crippen LogP contribution in [0.1, 0.15) is 13.2 Å². The van der Waals surface area contributed by atoms with Crippen molar-refractivity contribution in [1.29, 1.82) is 0 Å². The van der Waals surface area contributed by atoms with E-state index in [0.717, 1.165) is 10.8 Å². The van der Waals surface area contributed by atoms with Gasteiger partial charge in [-0.25, -0.2) is 9.36 Å². The minimum absolute atomic E-state index is 0.0506. The smallest absolute Gasteiger partial charge is 0.459 e. The lowest BCUT2D eigenvalue weighted by Crippen LogP contribution is -2.45. The zero-order valence-electron chi connectivity index (χ0n) is 18.9. The Balaban J connectivity index is 1.59. The van der Waals surface area contributed by atoms with E-state index in [1.807, 2.05) is 0 Å². The molecule has 3 unspecified atom stereocenters. The number of nitrogen functional groups attached to an aromatic ring is 1. The molecule has 7 N–H and O–H groups in total. The van der Waals surface area contributed by atoms with Crippen LogP contribution in [0.15, 0.2) is 41.2 Å². The van der Waals surface area contributed by atoms with Crippen LogP contribution in [0.3, 0.4) is 0 Å². The normalized spacial score (nSPS) is 30.5. The second-order valence-corrected chi connectivity index (χ2v) is 9.05. The first-order valence-corrected chi connectivity index (χ1v) is 12.1. The molecule has 1 fully saturated rings. The first-order valence-electron chi connectivity index (χ1n) is 10.6. The lowest BCUT2D eigenvalue weighted by atomic mass is 10.1. The number of amides is 1. The fraction of sp³-hybridized carbons (Fsp3) is 0.526. The number of phosphoric acid groups is 1. The first-order chi connectivity index (χ1) is 17.0. The summed E-state index contributed by atoms with van der Waals surface area (Å²) < 4.78 is 39.0. The molecule has 7 atom stereocenters. The Kier molecular flexibility index (Phi) is 9.21. The Labute approximate surface area is 204 Å². The number of ether oxygens (including phenoxy) is 3. The minimum atomic E-state index is -4.76. The molecule has 1 saturated heterocycles. The number of rotatable bonds is 10. The van der Waals surface area contributed by atoms with Gasteiger partial charge in [0.1, 0.15) is 36.4 Å². The Hall–Kier alpha value is -2.82. The van der Waals surface area contributed by atoms with Gasteiger partial charge in [0, 0.05) is 13.1 Å². The van der Waals surface area contributed by atoms with Gasteiger partial charge in [-0.1, -0.05) is 6.08 Å². The van der Waals surface area contributed by atoms with Crippen molar-refractivity contribution in [1.82, 2.24) is 14.9 Å². The van der Waals surface area contributed by atoms with Gasteiger partial charge in [0.15, 0.2) is 12.0 Å². The molecule has 0 aliphatic carbocycles. The van der Waals surface area contributed by atoms with Crippen molar-refractivity contribution in [2.75, 3.05) is 25.6 Å². The number of nitrogens with zero attached hydrogens (tertiary/aromatic N) is 2. The standard InChI is InChI=1S/C19H27N4O12P/c1-10(25)21-12-3-2-11(34-18(12)31-7-6-24)8-32-36(29,30)33-9-13-15(26)16(27)17(35-13)23-5-4-14(20)22-19(23)28/h2-5,8,12-13,15-18,24,26-27H,6-7,9H2,1H3,(H,21,25)(H,29,30)(H2,20,22,28)/t12-,13-,15+,16?,17-,18?/m1/s1. The average Bonchev–Trinajstić information content (AvgIpc) is 3.09. The molecule has 3 heterocycles. The van der Waals surface area contributed by atoms with Gasteiger partial charge in [0.2, 0.25) is 12.2 Å². The third-order valence-electron chi connectivity index (χ3n) is 4.92. The Morgan fingerprint density at radius 2 is 2.14 bits per heavy atom. The Bertz CT molecular complexity index is 1090. The summed E-state index contributed by atoms with van der Waals surface area (Å²) in [5.41, 5.74) is 4.59. The van der Waals surface area contributed by atoms with Crippen molar-refractivity contribution in [3.05, 3.63) is 46.9 Å². The number of aromatic nitrogens is 2. The van der Waals surface area contributed by atoms with E-state index in [2.05, 4.69) is 10.3 Å². The quantitative estimate of drug-likeness (QED) is 0.139. The molecule has 1 aromatic rings. The summed E-state index contributed by atoms with van der Waals surface area (Å²) in [6.07, 6.45) is -2.01. The number of phosphoric ester groups is 1. The van der Waals surface area contributed by atoms with Gasteiger partial charge in [0.05, 0.1) is 19.8 Å². The Morgan fingerprint density at radius 1 is 1.39 bits per heavy atom. The number of carbonyl (C=O) groups excluding carboxylic acids is 1. The van der Waals surface area contributed by atoms with Gasteiger partial charge in [-0.15, -0.1) is 0 Å². The van der Waals surface area contributed by atoms with Crippen molar-refractivity contribution in [3.8, 4) is 0 Å². The third-order valence-corrected chi connectivity index (χ3v) is 5.77. The average molecular weight is 534 g/mol. The second kappa shape index (κ2) is 11.9. The molecule has 17 heteroatoms. The molecular formula is C19H27N4O12P. The first kappa shape index (κ1) is 27.8. The van der Waals surface area contributed by atoms with Gasteiger partial charge in [-0.2, -0.15) is 4.98 Å². The molecule has 2 aliphatic rings. The Morgan fingerprint density at radius 3 is 2.81 bits per heavy atom. The maximum atomic E-state index is 12.3. The van der Waals surface area contributed by atoms with E-state index < -0.39 is 57.0 Å². The van der Waals surface area contributed by atoms with Crippen LogP contribution in [0.25, 0.3) is 0 Å². The van der Waals surface area contributed by atoms with Crippen LogP contribution in [0, 0.1) is 0 Å². The maximum Gasteiger partial charge on any atom is 0.527 e. The van der Waals surface area contributed by atoms with Crippen LogP contribution in [-0.2, 0) is 32.6 Å². The van der Waals surface area contributed by atoms with E-state index in [1.165, 1.54) is 31.3 Å². The fourth-order valence-corrected chi connectivity index (χ4v) is 3.93. The predicted octanol–water partition coefficient (Wildman–Crippen LogP) is -2.15. The van der Waals surface area contributed by atoms with Crippen LogP contribution in [0.2, 0.25) is 0 Å². The van der Waals surface area contributed by atoms with Gasteiger partial charge in [0.25, 0.3) is 0 Å². The van der Waals surface area contributed by atoms with Crippen molar-refractivity contribution in [2.45, 2.75) is 43.8 Å². The highest BCUT2D eigenvalue weighted by atomic mass is 31.2. The molecule has 1 aromatic heterocycles. The topological polar surface area (TPSA) is 234 Å². The van der Waals surface area contributed by atoms with Gasteiger partial charge in [-0.3, -0.25) is 18.8 Å². The summed E-state index contributed by atoms with van der Waals surface area (Å²) in [4.78, 5) is 36.8. The van der Waals surface area contributed by atoms with E-state index in [4.69, 9.17) is 34.1 Å². The molecule has 2 aliphatic heterocycles. The van der Waals surface area contributed by atoms with Crippen LogP contribution in [-0.4, -0.2) is 86.1 Å². The van der Waals surface area contributed by atoms with Gasteiger partial charge >= 0.3 is 13.5 Å². The monoisotopic (exact) mass is 534 g/mol. The van der Waals surface area contributed by atoms with Crippen molar-refractivity contribution >= 4 is 19.5 Å². The zero-order chi connectivity index (χ0) is 26.5. The molecule has 0 aromatic carbocycles. The van der Waals surface area contributed by atoms with Gasteiger partial charge in [-0.05, 0) is 12.1 Å². The summed E-state index contributed by atoms with van der Waals surface area (Å²) in [5.74, 6) is -0.463. The molecule has 0 saturated carbocycles. The summed E-state index contributed by atoms with van der Waals surface area (Å²) >= 11 is 0. The highest BCUT2D eigenvalue weighted by molar-refractivity contribution is 7.47. The molecule has 0 bridgehead atoms.